The quantitative estimate of drug-likeness (QED) is 0.563. The zero-order valence-electron chi connectivity index (χ0n) is 11.5. The van der Waals surface area contributed by atoms with E-state index in [9.17, 15) is 20.1 Å². The number of aliphatic hydroxyl groups excluding tert-OH is 1. The number of ketones is 1. The molecule has 4 nitrogen and oxygen atoms in total. The molecule has 7 atom stereocenters. The lowest BCUT2D eigenvalue weighted by atomic mass is 9.55. The highest BCUT2D eigenvalue weighted by Gasteiger charge is 2.69. The fourth-order valence-corrected chi connectivity index (χ4v) is 4.82. The topological polar surface area (TPSA) is 77.8 Å². The van der Waals surface area contributed by atoms with Gasteiger partial charge in [0.05, 0.1) is 11.7 Å². The van der Waals surface area contributed by atoms with Gasteiger partial charge < -0.3 is 15.3 Å². The highest BCUT2D eigenvalue weighted by molar-refractivity contribution is 5.93. The average Bonchev–Trinajstić information content (AvgIpc) is 2.52. The van der Waals surface area contributed by atoms with Crippen LogP contribution in [0.4, 0.5) is 0 Å². The van der Waals surface area contributed by atoms with E-state index in [4.69, 9.17) is 0 Å². The molecule has 0 aromatic rings. The molecule has 0 aliphatic heterocycles. The predicted molar refractivity (Wildman–Crippen MR) is 69.2 cm³/mol. The summed E-state index contributed by atoms with van der Waals surface area (Å²) in [4.78, 5) is 12.3. The van der Waals surface area contributed by atoms with Gasteiger partial charge in [0.1, 0.15) is 5.60 Å². The van der Waals surface area contributed by atoms with E-state index in [1.807, 2.05) is 6.92 Å². The third-order valence-electron chi connectivity index (χ3n) is 5.88. The normalized spacial score (nSPS) is 57.2. The Labute approximate surface area is 113 Å². The second-order valence-electron chi connectivity index (χ2n) is 6.95. The third-order valence-corrected chi connectivity index (χ3v) is 5.88. The number of carbonyl (C=O) groups excluding carboxylic acids is 1. The van der Waals surface area contributed by atoms with Crippen LogP contribution < -0.4 is 0 Å². The lowest BCUT2D eigenvalue weighted by Crippen LogP contribution is -2.59. The van der Waals surface area contributed by atoms with Crippen molar-refractivity contribution in [1.82, 2.24) is 0 Å². The minimum atomic E-state index is -1.63. The first kappa shape index (κ1) is 13.3. The second-order valence-corrected chi connectivity index (χ2v) is 6.95. The van der Waals surface area contributed by atoms with Crippen LogP contribution in [-0.4, -0.2) is 38.4 Å². The van der Waals surface area contributed by atoms with Crippen molar-refractivity contribution in [1.29, 1.82) is 0 Å². The maximum absolute atomic E-state index is 12.3. The van der Waals surface area contributed by atoms with Crippen molar-refractivity contribution in [3.63, 3.8) is 0 Å². The van der Waals surface area contributed by atoms with Crippen molar-refractivity contribution in [3.05, 3.63) is 12.2 Å². The predicted octanol–water partition coefficient (Wildman–Crippen LogP) is 0.650. The maximum Gasteiger partial charge on any atom is 0.169 e. The zero-order chi connectivity index (χ0) is 14.2. The number of rotatable bonds is 0. The number of Topliss-reactive ketones (excluding diaryl/α,β-unsaturated/α-hetero) is 1. The lowest BCUT2D eigenvalue weighted by molar-refractivity contribution is -0.169. The standard InChI is InChI=1S/C15H22O4/c1-7-6-10(16)15(19)8(2)13(17)12-11(15)9(7)4-5-14(12,3)18/h7,9,11-13,17-19H,2,4-6H2,1,3H3. The molecule has 3 rings (SSSR count). The Hall–Kier alpha value is -0.710. The van der Waals surface area contributed by atoms with Crippen LogP contribution in [0.2, 0.25) is 0 Å². The molecule has 0 spiro atoms. The average molecular weight is 266 g/mol. The van der Waals surface area contributed by atoms with E-state index >= 15 is 0 Å². The van der Waals surface area contributed by atoms with E-state index in [0.717, 1.165) is 6.42 Å². The highest BCUT2D eigenvalue weighted by Crippen LogP contribution is 2.61. The third kappa shape index (κ3) is 1.42. The Balaban J connectivity index is 2.15. The summed E-state index contributed by atoms with van der Waals surface area (Å²) < 4.78 is 0. The SMILES string of the molecule is C=C1C(O)C2C3C(CCC2(C)O)C(C)CC(=O)C13O. The molecule has 0 heterocycles. The summed E-state index contributed by atoms with van der Waals surface area (Å²) >= 11 is 0. The van der Waals surface area contributed by atoms with E-state index in [0.29, 0.717) is 12.8 Å². The first-order chi connectivity index (χ1) is 8.71. The molecule has 4 heteroatoms. The zero-order valence-corrected chi connectivity index (χ0v) is 11.5. The molecule has 106 valence electrons. The number of hydrogen-bond donors (Lipinski definition) is 3. The Morgan fingerprint density at radius 3 is 2.58 bits per heavy atom. The van der Waals surface area contributed by atoms with Crippen LogP contribution in [0, 0.1) is 23.7 Å². The maximum atomic E-state index is 12.3. The molecule has 0 saturated heterocycles. The van der Waals surface area contributed by atoms with Crippen molar-refractivity contribution in [2.45, 2.75) is 50.4 Å². The van der Waals surface area contributed by atoms with Gasteiger partial charge in [0.25, 0.3) is 0 Å². The Bertz CT molecular complexity index is 455. The van der Waals surface area contributed by atoms with Crippen LogP contribution in [0.15, 0.2) is 12.2 Å². The van der Waals surface area contributed by atoms with Crippen molar-refractivity contribution in [2.75, 3.05) is 0 Å². The molecule has 0 bridgehead atoms. The van der Waals surface area contributed by atoms with E-state index < -0.39 is 29.1 Å². The summed E-state index contributed by atoms with van der Waals surface area (Å²) in [6.45, 7) is 7.48. The smallest absolute Gasteiger partial charge is 0.169 e. The van der Waals surface area contributed by atoms with Crippen LogP contribution in [0.1, 0.15) is 33.1 Å². The Morgan fingerprint density at radius 2 is 1.95 bits per heavy atom. The molecule has 7 unspecified atom stereocenters. The summed E-state index contributed by atoms with van der Waals surface area (Å²) in [5.41, 5.74) is -2.50. The van der Waals surface area contributed by atoms with E-state index in [1.165, 1.54) is 0 Å². The van der Waals surface area contributed by atoms with Gasteiger partial charge in [-0.1, -0.05) is 13.5 Å². The van der Waals surface area contributed by atoms with Gasteiger partial charge in [-0.15, -0.1) is 0 Å². The van der Waals surface area contributed by atoms with Crippen LogP contribution >= 0.6 is 0 Å². The van der Waals surface area contributed by atoms with Crippen molar-refractivity contribution in [2.24, 2.45) is 23.7 Å². The summed E-state index contributed by atoms with van der Waals surface area (Å²) in [5, 5.41) is 31.8. The summed E-state index contributed by atoms with van der Waals surface area (Å²) in [6, 6.07) is 0. The van der Waals surface area contributed by atoms with Crippen LogP contribution in [0.25, 0.3) is 0 Å². The van der Waals surface area contributed by atoms with Gasteiger partial charge in [0.2, 0.25) is 0 Å². The number of aliphatic hydroxyl groups is 3. The van der Waals surface area contributed by atoms with Crippen molar-refractivity contribution < 1.29 is 20.1 Å². The first-order valence-corrected chi connectivity index (χ1v) is 7.06. The van der Waals surface area contributed by atoms with E-state index in [-0.39, 0.29) is 23.2 Å². The molecular weight excluding hydrogens is 244 g/mol. The molecule has 3 saturated carbocycles. The molecule has 3 aliphatic rings. The largest absolute Gasteiger partial charge is 0.390 e. The van der Waals surface area contributed by atoms with E-state index in [1.54, 1.807) is 6.92 Å². The van der Waals surface area contributed by atoms with Crippen LogP contribution in [0.5, 0.6) is 0 Å². The molecule has 0 amide bonds. The summed E-state index contributed by atoms with van der Waals surface area (Å²) in [7, 11) is 0. The molecule has 19 heavy (non-hydrogen) atoms. The number of carbonyl (C=O) groups is 1. The van der Waals surface area contributed by atoms with E-state index in [2.05, 4.69) is 6.58 Å². The van der Waals surface area contributed by atoms with Gasteiger partial charge in [-0.3, -0.25) is 4.79 Å². The van der Waals surface area contributed by atoms with Crippen molar-refractivity contribution >= 4 is 5.78 Å². The van der Waals surface area contributed by atoms with Crippen LogP contribution in [-0.2, 0) is 4.79 Å². The Morgan fingerprint density at radius 1 is 1.32 bits per heavy atom. The number of hydrogen-bond acceptors (Lipinski definition) is 4. The fourth-order valence-electron chi connectivity index (χ4n) is 4.82. The lowest BCUT2D eigenvalue weighted by Gasteiger charge is -2.51. The molecule has 3 fully saturated rings. The van der Waals surface area contributed by atoms with Gasteiger partial charge in [-0.25, -0.2) is 0 Å². The van der Waals surface area contributed by atoms with Gasteiger partial charge in [0.15, 0.2) is 5.78 Å². The monoisotopic (exact) mass is 266 g/mol. The molecule has 0 radical (unpaired) electrons. The first-order valence-electron chi connectivity index (χ1n) is 7.06. The van der Waals surface area contributed by atoms with Gasteiger partial charge in [-0.05, 0) is 37.2 Å². The van der Waals surface area contributed by atoms with Gasteiger partial charge in [0, 0.05) is 18.3 Å². The summed E-state index contributed by atoms with van der Waals surface area (Å²) in [5.74, 6) is -0.771. The molecular formula is C15H22O4. The second kappa shape index (κ2) is 3.68. The molecule has 0 aromatic carbocycles. The summed E-state index contributed by atoms with van der Waals surface area (Å²) in [6.07, 6.45) is 0.711. The molecule has 3 aliphatic carbocycles. The minimum Gasteiger partial charge on any atom is -0.390 e. The minimum absolute atomic E-state index is 0.168. The Kier molecular flexibility index (Phi) is 2.58. The van der Waals surface area contributed by atoms with Gasteiger partial charge >= 0.3 is 0 Å². The highest BCUT2D eigenvalue weighted by atomic mass is 16.3. The van der Waals surface area contributed by atoms with Crippen LogP contribution in [0.3, 0.4) is 0 Å². The molecule has 0 aromatic heterocycles. The fraction of sp³-hybridized carbons (Fsp3) is 0.800. The van der Waals surface area contributed by atoms with Gasteiger partial charge in [-0.2, -0.15) is 0 Å². The van der Waals surface area contributed by atoms with Crippen molar-refractivity contribution in [3.8, 4) is 0 Å². The molecule has 3 N–H and O–H groups in total.